The van der Waals surface area contributed by atoms with Crippen LogP contribution in [0.25, 0.3) is 11.0 Å². The number of hydrogen-bond acceptors (Lipinski definition) is 7. The first-order chi connectivity index (χ1) is 19.9. The number of halogens is 2. The largest absolute Gasteiger partial charge is 0.478 e. The highest BCUT2D eigenvalue weighted by atomic mass is 35.5. The molecule has 4 atom stereocenters. The lowest BCUT2D eigenvalue weighted by molar-refractivity contribution is -0.0599. The van der Waals surface area contributed by atoms with Crippen molar-refractivity contribution in [3.8, 4) is 5.88 Å². The van der Waals surface area contributed by atoms with Gasteiger partial charge in [-0.05, 0) is 49.2 Å². The molecule has 9 nitrogen and oxygen atoms in total. The van der Waals surface area contributed by atoms with Gasteiger partial charge in [0.25, 0.3) is 0 Å². The van der Waals surface area contributed by atoms with Gasteiger partial charge < -0.3 is 24.0 Å². The van der Waals surface area contributed by atoms with Crippen molar-refractivity contribution in [2.75, 3.05) is 18.1 Å². The van der Waals surface area contributed by atoms with Crippen LogP contribution in [0, 0.1) is 5.82 Å². The van der Waals surface area contributed by atoms with E-state index < -0.39 is 11.8 Å². The molecule has 0 bridgehead atoms. The molecule has 4 aliphatic rings. The minimum absolute atomic E-state index is 0.0739. The predicted octanol–water partition coefficient (Wildman–Crippen LogP) is 4.51. The molecule has 2 aromatic carbocycles. The standard InChI is InChI=1S/C30H27ClFN5O4/c31-19-6-4-18(21(32)11-19)16-41-28-3-1-2-26(34-28)37-14-25-30(37)12-24(30)36(25)15-27-33-22-7-5-17(29(38)39)10-23(22)35(27)13-20-8-9-40-20/h1-7,10-11,20,24-25H,8-9,12-16H2,(H,38,39)/t20-,24?,25?,30?/m0/s1. The third-order valence-electron chi connectivity index (χ3n) is 9.13. The van der Waals surface area contributed by atoms with Crippen molar-refractivity contribution in [3.63, 3.8) is 0 Å². The summed E-state index contributed by atoms with van der Waals surface area (Å²) >= 11 is 5.85. The smallest absolute Gasteiger partial charge is 0.335 e. The van der Waals surface area contributed by atoms with Crippen LogP contribution in [0.1, 0.15) is 34.6 Å². The first-order valence-electron chi connectivity index (χ1n) is 13.8. The van der Waals surface area contributed by atoms with Gasteiger partial charge in [0.05, 0.1) is 47.4 Å². The Balaban J connectivity index is 0.976. The number of pyridine rings is 1. The van der Waals surface area contributed by atoms with Crippen molar-refractivity contribution < 1.29 is 23.8 Å². The van der Waals surface area contributed by atoms with E-state index in [0.29, 0.717) is 41.6 Å². The van der Waals surface area contributed by atoms with E-state index in [9.17, 15) is 14.3 Å². The molecule has 1 aliphatic carbocycles. The molecule has 1 N–H and O–H groups in total. The average Bonchev–Trinajstić information content (AvgIpc) is 3.57. The quantitative estimate of drug-likeness (QED) is 0.312. The SMILES string of the molecule is O=C(O)c1ccc2nc(CN3C4CN(c5cccc(OCc6ccc(Cl)cc6F)n5)C45CC35)n(C[C@@H]3CCO3)c2c1. The Bertz CT molecular complexity index is 1710. The Labute approximate surface area is 240 Å². The van der Waals surface area contributed by atoms with Gasteiger partial charge in [-0.25, -0.2) is 14.2 Å². The molecular weight excluding hydrogens is 549 g/mol. The zero-order valence-electron chi connectivity index (χ0n) is 22.0. The zero-order chi connectivity index (χ0) is 27.9. The molecule has 210 valence electrons. The molecule has 1 spiro atoms. The molecule has 4 aromatic rings. The van der Waals surface area contributed by atoms with Gasteiger partial charge in [0.15, 0.2) is 0 Å². The van der Waals surface area contributed by atoms with Crippen molar-refractivity contribution >= 4 is 34.4 Å². The fourth-order valence-corrected chi connectivity index (χ4v) is 6.94. The number of carbonyl (C=O) groups is 1. The minimum atomic E-state index is -0.943. The van der Waals surface area contributed by atoms with Gasteiger partial charge in [0.1, 0.15) is 24.1 Å². The molecule has 0 radical (unpaired) electrons. The molecule has 1 saturated carbocycles. The Hall–Kier alpha value is -3.73. The maximum Gasteiger partial charge on any atom is 0.335 e. The number of aromatic nitrogens is 3. The normalized spacial score (nSPS) is 26.0. The van der Waals surface area contributed by atoms with Gasteiger partial charge in [-0.3, -0.25) is 4.90 Å². The summed E-state index contributed by atoms with van der Waals surface area (Å²) in [5.74, 6) is 0.927. The summed E-state index contributed by atoms with van der Waals surface area (Å²) in [6.07, 6.45) is 2.19. The lowest BCUT2D eigenvalue weighted by atomic mass is 9.83. The highest BCUT2D eigenvalue weighted by Crippen LogP contribution is 2.66. The average molecular weight is 576 g/mol. The zero-order valence-corrected chi connectivity index (χ0v) is 22.8. The predicted molar refractivity (Wildman–Crippen MR) is 149 cm³/mol. The summed E-state index contributed by atoms with van der Waals surface area (Å²) in [4.78, 5) is 26.1. The number of ether oxygens (including phenoxy) is 2. The summed E-state index contributed by atoms with van der Waals surface area (Å²) < 4.78 is 27.8. The van der Waals surface area contributed by atoms with Crippen LogP contribution in [0.3, 0.4) is 0 Å². The number of carboxylic acids is 1. The first kappa shape index (κ1) is 25.0. The number of anilines is 1. The number of rotatable bonds is 9. The second-order valence-corrected chi connectivity index (χ2v) is 11.7. The third-order valence-corrected chi connectivity index (χ3v) is 9.36. The Kier molecular flexibility index (Phi) is 5.58. The Morgan fingerprint density at radius 3 is 2.80 bits per heavy atom. The highest BCUT2D eigenvalue weighted by molar-refractivity contribution is 6.30. The van der Waals surface area contributed by atoms with Crippen molar-refractivity contribution in [1.82, 2.24) is 19.4 Å². The molecule has 3 aliphatic heterocycles. The monoisotopic (exact) mass is 575 g/mol. The van der Waals surface area contributed by atoms with Crippen molar-refractivity contribution in [3.05, 3.63) is 82.4 Å². The van der Waals surface area contributed by atoms with Gasteiger partial charge in [-0.1, -0.05) is 23.7 Å². The lowest BCUT2D eigenvalue weighted by Gasteiger charge is -2.62. The van der Waals surface area contributed by atoms with Crippen molar-refractivity contribution in [2.45, 2.75) is 56.3 Å². The van der Waals surface area contributed by atoms with Crippen LogP contribution >= 0.6 is 11.6 Å². The first-order valence-corrected chi connectivity index (χ1v) is 14.2. The molecule has 0 amide bonds. The Morgan fingerprint density at radius 2 is 2.05 bits per heavy atom. The summed E-state index contributed by atoms with van der Waals surface area (Å²) in [6, 6.07) is 16.2. The highest BCUT2D eigenvalue weighted by Gasteiger charge is 2.81. The lowest BCUT2D eigenvalue weighted by Crippen LogP contribution is -2.79. The number of aromatic carboxylic acids is 1. The molecule has 3 unspecified atom stereocenters. The van der Waals surface area contributed by atoms with Crippen molar-refractivity contribution in [1.29, 1.82) is 0 Å². The number of benzene rings is 2. The molecule has 3 saturated heterocycles. The number of likely N-dealkylation sites (tertiary alicyclic amines) is 1. The summed E-state index contributed by atoms with van der Waals surface area (Å²) in [5, 5.41) is 9.87. The van der Waals surface area contributed by atoms with Crippen LogP contribution in [0.4, 0.5) is 10.2 Å². The fourth-order valence-electron chi connectivity index (χ4n) is 6.78. The van der Waals surface area contributed by atoms with Crippen LogP contribution in [0.5, 0.6) is 5.88 Å². The van der Waals surface area contributed by atoms with E-state index in [0.717, 1.165) is 48.7 Å². The number of piperazine rings is 1. The fraction of sp³-hybridized carbons (Fsp3) is 0.367. The van der Waals surface area contributed by atoms with E-state index >= 15 is 0 Å². The van der Waals surface area contributed by atoms with E-state index in [1.165, 1.54) is 6.07 Å². The molecule has 2 aromatic heterocycles. The van der Waals surface area contributed by atoms with E-state index in [4.69, 9.17) is 31.0 Å². The summed E-state index contributed by atoms with van der Waals surface area (Å²) in [7, 11) is 0. The second kappa shape index (κ2) is 9.14. The minimum Gasteiger partial charge on any atom is -0.478 e. The van der Waals surface area contributed by atoms with Crippen LogP contribution in [-0.4, -0.2) is 67.4 Å². The Morgan fingerprint density at radius 1 is 1.17 bits per heavy atom. The number of hydrogen-bond donors (Lipinski definition) is 1. The number of nitrogens with zero attached hydrogens (tertiary/aromatic N) is 5. The summed E-state index contributed by atoms with van der Waals surface area (Å²) in [5.41, 5.74) is 2.43. The van der Waals surface area contributed by atoms with Gasteiger partial charge in [0, 0.05) is 35.8 Å². The van der Waals surface area contributed by atoms with Gasteiger partial charge in [0.2, 0.25) is 5.88 Å². The number of fused-ring (bicyclic) bond motifs is 1. The maximum absolute atomic E-state index is 14.2. The van der Waals surface area contributed by atoms with Crippen LogP contribution < -0.4 is 9.64 Å². The molecule has 11 heteroatoms. The maximum atomic E-state index is 14.2. The van der Waals surface area contributed by atoms with Crippen LogP contribution in [0.2, 0.25) is 5.02 Å². The molecule has 4 fully saturated rings. The van der Waals surface area contributed by atoms with Crippen LogP contribution in [-0.2, 0) is 24.4 Å². The van der Waals surface area contributed by atoms with Gasteiger partial charge in [-0.2, -0.15) is 4.98 Å². The number of imidazole rings is 1. The molecular formula is C30H27ClFN5O4. The molecule has 8 rings (SSSR count). The third kappa shape index (κ3) is 3.92. The summed E-state index contributed by atoms with van der Waals surface area (Å²) in [6.45, 7) is 3.07. The number of carboxylic acid groups (broad SMARTS) is 1. The van der Waals surface area contributed by atoms with E-state index in [1.807, 2.05) is 12.1 Å². The van der Waals surface area contributed by atoms with Crippen LogP contribution in [0.15, 0.2) is 54.6 Å². The van der Waals surface area contributed by atoms with E-state index in [1.54, 1.807) is 36.4 Å². The van der Waals surface area contributed by atoms with E-state index in [-0.39, 0.29) is 23.8 Å². The molecule has 5 heterocycles. The second-order valence-electron chi connectivity index (χ2n) is 11.3. The van der Waals surface area contributed by atoms with Gasteiger partial charge in [-0.15, -0.1) is 0 Å². The van der Waals surface area contributed by atoms with Crippen molar-refractivity contribution in [2.24, 2.45) is 0 Å². The van der Waals surface area contributed by atoms with Gasteiger partial charge >= 0.3 is 5.97 Å². The molecule has 41 heavy (non-hydrogen) atoms. The topological polar surface area (TPSA) is 93.0 Å². The van der Waals surface area contributed by atoms with E-state index in [2.05, 4.69) is 14.4 Å².